The van der Waals surface area contributed by atoms with Gasteiger partial charge in [0.2, 0.25) is 0 Å². The Morgan fingerprint density at radius 3 is 2.50 bits per heavy atom. The molecule has 0 aromatic carbocycles. The van der Waals surface area contributed by atoms with Crippen LogP contribution < -0.4 is 0 Å². The number of rotatable bonds is 3. The van der Waals surface area contributed by atoms with E-state index in [0.29, 0.717) is 11.8 Å². The molecule has 0 radical (unpaired) electrons. The third-order valence-electron chi connectivity index (χ3n) is 4.55. The van der Waals surface area contributed by atoms with Gasteiger partial charge in [0.05, 0.1) is 0 Å². The van der Waals surface area contributed by atoms with E-state index < -0.39 is 0 Å². The number of allylic oxidation sites excluding steroid dienone is 2. The SMILES string of the molecule is CC(C)c1nsc(C2C3C=CC(C3)C2C(C)C)n1. The zero-order chi connectivity index (χ0) is 12.9. The molecule has 4 unspecified atom stereocenters. The fourth-order valence-corrected chi connectivity index (χ4v) is 4.76. The minimum absolute atomic E-state index is 0.446. The zero-order valence-corrected chi connectivity index (χ0v) is 12.4. The van der Waals surface area contributed by atoms with Crippen LogP contribution in [0.15, 0.2) is 12.2 Å². The predicted octanol–water partition coefficient (Wildman–Crippen LogP) is 4.22. The molecule has 1 aromatic rings. The lowest BCUT2D eigenvalue weighted by atomic mass is 9.76. The highest BCUT2D eigenvalue weighted by atomic mass is 32.1. The zero-order valence-electron chi connectivity index (χ0n) is 11.6. The van der Waals surface area contributed by atoms with Crippen molar-refractivity contribution in [2.75, 3.05) is 0 Å². The van der Waals surface area contributed by atoms with Crippen LogP contribution in [0.3, 0.4) is 0 Å². The summed E-state index contributed by atoms with van der Waals surface area (Å²) in [6.07, 6.45) is 6.20. The average molecular weight is 262 g/mol. The maximum atomic E-state index is 4.82. The molecule has 0 amide bonds. The summed E-state index contributed by atoms with van der Waals surface area (Å²) in [7, 11) is 0. The van der Waals surface area contributed by atoms with Gasteiger partial charge in [0.1, 0.15) is 10.8 Å². The number of nitrogens with zero attached hydrogens (tertiary/aromatic N) is 2. The Balaban J connectivity index is 1.92. The number of hydrogen-bond acceptors (Lipinski definition) is 3. The van der Waals surface area contributed by atoms with Crippen molar-refractivity contribution in [3.63, 3.8) is 0 Å². The van der Waals surface area contributed by atoms with Gasteiger partial charge in [-0.1, -0.05) is 39.8 Å². The van der Waals surface area contributed by atoms with Crippen LogP contribution in [0.1, 0.15) is 56.8 Å². The van der Waals surface area contributed by atoms with Crippen LogP contribution >= 0.6 is 11.5 Å². The van der Waals surface area contributed by atoms with E-state index in [9.17, 15) is 0 Å². The van der Waals surface area contributed by atoms with E-state index in [1.165, 1.54) is 11.4 Å². The van der Waals surface area contributed by atoms with Crippen molar-refractivity contribution in [1.29, 1.82) is 0 Å². The second kappa shape index (κ2) is 4.44. The van der Waals surface area contributed by atoms with Gasteiger partial charge in [-0.15, -0.1) is 0 Å². The molecule has 1 fully saturated rings. The van der Waals surface area contributed by atoms with Crippen molar-refractivity contribution in [3.8, 4) is 0 Å². The van der Waals surface area contributed by atoms with Gasteiger partial charge in [-0.2, -0.15) is 4.37 Å². The summed E-state index contributed by atoms with van der Waals surface area (Å²) in [6, 6.07) is 0. The van der Waals surface area contributed by atoms with Gasteiger partial charge in [-0.3, -0.25) is 0 Å². The standard InChI is InChI=1S/C15H22N2S/c1-8(2)12-10-5-6-11(7-10)13(12)15-16-14(9(3)4)17-18-15/h5-6,8-13H,7H2,1-4H3. The molecule has 0 saturated heterocycles. The minimum atomic E-state index is 0.446. The largest absolute Gasteiger partial charge is 0.224 e. The molecule has 1 heterocycles. The normalized spacial score (nSPS) is 34.1. The predicted molar refractivity (Wildman–Crippen MR) is 75.8 cm³/mol. The number of fused-ring (bicyclic) bond motifs is 2. The Bertz CT molecular complexity index is 461. The molecule has 3 rings (SSSR count). The van der Waals surface area contributed by atoms with Gasteiger partial charge >= 0.3 is 0 Å². The van der Waals surface area contributed by atoms with Crippen LogP contribution in [0.4, 0.5) is 0 Å². The third kappa shape index (κ3) is 1.83. The molecule has 4 atom stereocenters. The molecule has 1 aromatic heterocycles. The lowest BCUT2D eigenvalue weighted by molar-refractivity contribution is 0.293. The van der Waals surface area contributed by atoms with E-state index in [1.54, 1.807) is 11.5 Å². The van der Waals surface area contributed by atoms with Crippen LogP contribution in [0.2, 0.25) is 0 Å². The summed E-state index contributed by atoms with van der Waals surface area (Å²) in [5.74, 6) is 5.12. The number of hydrogen-bond donors (Lipinski definition) is 0. The molecule has 2 aliphatic rings. The Morgan fingerprint density at radius 2 is 1.89 bits per heavy atom. The first kappa shape index (κ1) is 12.3. The maximum absolute atomic E-state index is 4.82. The summed E-state index contributed by atoms with van der Waals surface area (Å²) in [6.45, 7) is 9.06. The Kier molecular flexibility index (Phi) is 3.05. The third-order valence-corrected chi connectivity index (χ3v) is 5.38. The van der Waals surface area contributed by atoms with E-state index in [-0.39, 0.29) is 0 Å². The van der Waals surface area contributed by atoms with Crippen LogP contribution in [0.5, 0.6) is 0 Å². The molecular formula is C15H22N2S. The first-order valence-electron chi connectivity index (χ1n) is 7.09. The highest BCUT2D eigenvalue weighted by Gasteiger charge is 2.47. The Labute approximate surface area is 114 Å². The Morgan fingerprint density at radius 1 is 1.17 bits per heavy atom. The molecule has 18 heavy (non-hydrogen) atoms. The van der Waals surface area contributed by atoms with E-state index in [1.807, 2.05) is 0 Å². The van der Waals surface area contributed by atoms with Gasteiger partial charge in [0.25, 0.3) is 0 Å². The van der Waals surface area contributed by atoms with Gasteiger partial charge in [-0.05, 0) is 41.6 Å². The topological polar surface area (TPSA) is 25.8 Å². The fraction of sp³-hybridized carbons (Fsp3) is 0.733. The average Bonchev–Trinajstić information content (AvgIpc) is 3.02. The van der Waals surface area contributed by atoms with E-state index >= 15 is 0 Å². The smallest absolute Gasteiger partial charge is 0.145 e. The van der Waals surface area contributed by atoms with Crippen molar-refractivity contribution in [2.45, 2.75) is 46.0 Å². The molecule has 3 heteroatoms. The highest BCUT2D eigenvalue weighted by Crippen LogP contribution is 2.55. The lowest BCUT2D eigenvalue weighted by Crippen LogP contribution is -2.22. The van der Waals surface area contributed by atoms with Crippen molar-refractivity contribution in [1.82, 2.24) is 9.36 Å². The molecule has 1 saturated carbocycles. The molecule has 0 spiro atoms. The summed E-state index contributed by atoms with van der Waals surface area (Å²) >= 11 is 1.64. The molecule has 2 nitrogen and oxygen atoms in total. The van der Waals surface area contributed by atoms with Crippen molar-refractivity contribution in [2.24, 2.45) is 23.7 Å². The second-order valence-electron chi connectivity index (χ2n) is 6.44. The highest BCUT2D eigenvalue weighted by molar-refractivity contribution is 7.05. The fourth-order valence-electron chi connectivity index (χ4n) is 3.73. The molecule has 0 aliphatic heterocycles. The van der Waals surface area contributed by atoms with Crippen molar-refractivity contribution >= 4 is 11.5 Å². The van der Waals surface area contributed by atoms with E-state index in [4.69, 9.17) is 4.98 Å². The van der Waals surface area contributed by atoms with E-state index in [2.05, 4.69) is 44.2 Å². The summed E-state index contributed by atoms with van der Waals surface area (Å²) in [5.41, 5.74) is 0. The maximum Gasteiger partial charge on any atom is 0.145 e. The van der Waals surface area contributed by atoms with Crippen LogP contribution in [0.25, 0.3) is 0 Å². The van der Waals surface area contributed by atoms with Gasteiger partial charge in [-0.25, -0.2) is 4.98 Å². The van der Waals surface area contributed by atoms with Crippen LogP contribution in [0, 0.1) is 23.7 Å². The molecule has 98 valence electrons. The lowest BCUT2D eigenvalue weighted by Gasteiger charge is -2.29. The Hall–Kier alpha value is -0.700. The first-order chi connectivity index (χ1) is 8.58. The van der Waals surface area contributed by atoms with Gasteiger partial charge in [0.15, 0.2) is 0 Å². The number of aromatic nitrogens is 2. The van der Waals surface area contributed by atoms with E-state index in [0.717, 1.165) is 29.5 Å². The first-order valence-corrected chi connectivity index (χ1v) is 7.87. The second-order valence-corrected chi connectivity index (χ2v) is 7.22. The minimum Gasteiger partial charge on any atom is -0.224 e. The summed E-state index contributed by atoms with van der Waals surface area (Å²) in [4.78, 5) is 4.82. The van der Waals surface area contributed by atoms with Crippen LogP contribution in [-0.2, 0) is 0 Å². The molecular weight excluding hydrogens is 240 g/mol. The molecule has 0 N–H and O–H groups in total. The monoisotopic (exact) mass is 262 g/mol. The summed E-state index contributed by atoms with van der Waals surface area (Å²) < 4.78 is 4.54. The van der Waals surface area contributed by atoms with Crippen molar-refractivity contribution in [3.05, 3.63) is 23.0 Å². The van der Waals surface area contributed by atoms with Gasteiger partial charge in [0, 0.05) is 11.8 Å². The van der Waals surface area contributed by atoms with Crippen LogP contribution in [-0.4, -0.2) is 9.36 Å². The van der Waals surface area contributed by atoms with Crippen molar-refractivity contribution < 1.29 is 0 Å². The van der Waals surface area contributed by atoms with Gasteiger partial charge < -0.3 is 0 Å². The quantitative estimate of drug-likeness (QED) is 0.762. The molecule has 2 aliphatic carbocycles. The molecule has 2 bridgehead atoms. The summed E-state index contributed by atoms with van der Waals surface area (Å²) in [5, 5.41) is 1.29.